The van der Waals surface area contributed by atoms with Crippen molar-refractivity contribution < 1.29 is 4.39 Å². The van der Waals surface area contributed by atoms with Crippen LogP contribution >= 0.6 is 0 Å². The van der Waals surface area contributed by atoms with Gasteiger partial charge in [0.05, 0.1) is 0 Å². The topological polar surface area (TPSA) is 37.8 Å². The first kappa shape index (κ1) is 12.5. The largest absolute Gasteiger partial charge is 0.370 e. The maximum atomic E-state index is 13.6. The predicted molar refractivity (Wildman–Crippen MR) is 78.1 cm³/mol. The maximum Gasteiger partial charge on any atom is 0.129 e. The summed E-state index contributed by atoms with van der Waals surface area (Å²) in [5.74, 6) is 0.585. The van der Waals surface area contributed by atoms with E-state index in [9.17, 15) is 4.39 Å². The van der Waals surface area contributed by atoms with Crippen LogP contribution in [-0.2, 0) is 6.42 Å². The predicted octanol–water partition coefficient (Wildman–Crippen LogP) is 3.42. The molecule has 0 spiro atoms. The van der Waals surface area contributed by atoms with Crippen molar-refractivity contribution in [1.82, 2.24) is 9.97 Å². The molecule has 0 fully saturated rings. The minimum atomic E-state index is -0.194. The van der Waals surface area contributed by atoms with Gasteiger partial charge < -0.3 is 5.32 Å². The van der Waals surface area contributed by atoms with Crippen LogP contribution in [0.2, 0.25) is 0 Å². The third kappa shape index (κ3) is 2.74. The molecule has 20 heavy (non-hydrogen) atoms. The molecule has 0 unspecified atom stereocenters. The fraction of sp³-hybridized carbons (Fsp3) is 0.125. The average Bonchev–Trinajstić information content (AvgIpc) is 2.48. The normalized spacial score (nSPS) is 10.7. The van der Waals surface area contributed by atoms with E-state index in [0.717, 1.165) is 28.6 Å². The van der Waals surface area contributed by atoms with Crippen LogP contribution in [0.1, 0.15) is 5.56 Å². The van der Waals surface area contributed by atoms with Crippen LogP contribution in [0, 0.1) is 5.82 Å². The number of hydrogen-bond donors (Lipinski definition) is 1. The van der Waals surface area contributed by atoms with Crippen molar-refractivity contribution in [1.29, 1.82) is 0 Å². The van der Waals surface area contributed by atoms with Gasteiger partial charge in [0.1, 0.15) is 18.0 Å². The number of fused-ring (bicyclic) bond motifs is 1. The highest BCUT2D eigenvalue weighted by molar-refractivity contribution is 5.85. The van der Waals surface area contributed by atoms with Crippen molar-refractivity contribution in [2.45, 2.75) is 6.42 Å². The van der Waals surface area contributed by atoms with Gasteiger partial charge in [-0.25, -0.2) is 14.4 Å². The number of hydrogen-bond acceptors (Lipinski definition) is 3. The fourth-order valence-electron chi connectivity index (χ4n) is 2.28. The molecule has 0 saturated carbocycles. The second-order valence-corrected chi connectivity index (χ2v) is 4.56. The van der Waals surface area contributed by atoms with E-state index >= 15 is 0 Å². The molecule has 3 nitrogen and oxygen atoms in total. The van der Waals surface area contributed by atoms with Crippen LogP contribution in [0.4, 0.5) is 10.2 Å². The Morgan fingerprint density at radius 3 is 2.85 bits per heavy atom. The van der Waals surface area contributed by atoms with Gasteiger partial charge in [-0.1, -0.05) is 24.3 Å². The summed E-state index contributed by atoms with van der Waals surface area (Å²) in [5, 5.41) is 5.23. The third-order valence-electron chi connectivity index (χ3n) is 3.19. The highest BCUT2D eigenvalue weighted by Crippen LogP contribution is 2.21. The Bertz CT molecular complexity index is 713. The molecule has 3 rings (SSSR count). The number of rotatable bonds is 4. The molecule has 0 saturated heterocycles. The summed E-state index contributed by atoms with van der Waals surface area (Å²) in [5.41, 5.74) is 1.00. The van der Waals surface area contributed by atoms with Crippen molar-refractivity contribution in [2.24, 2.45) is 0 Å². The first-order valence-corrected chi connectivity index (χ1v) is 6.50. The maximum absolute atomic E-state index is 13.6. The number of benzene rings is 2. The molecular formula is C16H14FN3. The zero-order chi connectivity index (χ0) is 13.8. The van der Waals surface area contributed by atoms with Crippen LogP contribution in [0.5, 0.6) is 0 Å². The zero-order valence-electron chi connectivity index (χ0n) is 10.9. The van der Waals surface area contributed by atoms with Crippen molar-refractivity contribution in [2.75, 3.05) is 11.9 Å². The van der Waals surface area contributed by atoms with Gasteiger partial charge in [0.15, 0.2) is 0 Å². The fourth-order valence-corrected chi connectivity index (χ4v) is 2.28. The van der Waals surface area contributed by atoms with Crippen LogP contribution in [0.25, 0.3) is 10.8 Å². The summed E-state index contributed by atoms with van der Waals surface area (Å²) in [6, 6.07) is 12.8. The van der Waals surface area contributed by atoms with E-state index in [1.165, 1.54) is 6.33 Å². The highest BCUT2D eigenvalue weighted by atomic mass is 19.1. The molecule has 1 N–H and O–H groups in total. The monoisotopic (exact) mass is 267 g/mol. The minimum absolute atomic E-state index is 0.194. The number of nitrogens with zero attached hydrogens (tertiary/aromatic N) is 2. The standard InChI is InChI=1S/C16H14FN3/c17-14-9-12-3-1-2-4-15(12)13(10-14)5-8-19-16-6-7-18-11-20-16/h1-4,6-7,9-11H,5,8H2,(H,18,19,20). The van der Waals surface area contributed by atoms with E-state index in [-0.39, 0.29) is 5.82 Å². The Kier molecular flexibility index (Phi) is 3.54. The Balaban J connectivity index is 1.77. The van der Waals surface area contributed by atoms with Gasteiger partial charge in [-0.3, -0.25) is 0 Å². The molecule has 1 heterocycles. The van der Waals surface area contributed by atoms with E-state index in [0.29, 0.717) is 6.54 Å². The minimum Gasteiger partial charge on any atom is -0.370 e. The lowest BCUT2D eigenvalue weighted by molar-refractivity contribution is 0.627. The van der Waals surface area contributed by atoms with Crippen molar-refractivity contribution in [3.63, 3.8) is 0 Å². The van der Waals surface area contributed by atoms with Crippen LogP contribution < -0.4 is 5.32 Å². The lowest BCUT2D eigenvalue weighted by atomic mass is 10.0. The van der Waals surface area contributed by atoms with Crippen LogP contribution in [-0.4, -0.2) is 16.5 Å². The smallest absolute Gasteiger partial charge is 0.129 e. The summed E-state index contributed by atoms with van der Waals surface area (Å²) in [6.07, 6.45) is 3.93. The van der Waals surface area contributed by atoms with Gasteiger partial charge >= 0.3 is 0 Å². The summed E-state index contributed by atoms with van der Waals surface area (Å²) >= 11 is 0. The van der Waals surface area contributed by atoms with Crippen molar-refractivity contribution in [3.05, 3.63) is 66.4 Å². The Labute approximate surface area is 116 Å². The molecule has 3 aromatic rings. The second-order valence-electron chi connectivity index (χ2n) is 4.56. The number of anilines is 1. The van der Waals surface area contributed by atoms with E-state index in [1.54, 1.807) is 18.3 Å². The first-order chi connectivity index (χ1) is 9.83. The van der Waals surface area contributed by atoms with Gasteiger partial charge in [0.25, 0.3) is 0 Å². The number of nitrogens with one attached hydrogen (secondary N) is 1. The Morgan fingerprint density at radius 2 is 2.00 bits per heavy atom. The molecular weight excluding hydrogens is 253 g/mol. The average molecular weight is 267 g/mol. The molecule has 0 aliphatic rings. The SMILES string of the molecule is Fc1cc(CCNc2ccncn2)c2ccccc2c1. The first-order valence-electron chi connectivity index (χ1n) is 6.50. The number of aromatic nitrogens is 2. The molecule has 4 heteroatoms. The van der Waals surface area contributed by atoms with Gasteiger partial charge in [0.2, 0.25) is 0 Å². The zero-order valence-corrected chi connectivity index (χ0v) is 10.9. The molecule has 0 amide bonds. The van der Waals surface area contributed by atoms with Gasteiger partial charge in [-0.05, 0) is 41.0 Å². The second kappa shape index (κ2) is 5.65. The number of halogens is 1. The lowest BCUT2D eigenvalue weighted by Crippen LogP contribution is -2.06. The van der Waals surface area contributed by atoms with E-state index in [4.69, 9.17) is 0 Å². The van der Waals surface area contributed by atoms with E-state index < -0.39 is 0 Å². The molecule has 0 atom stereocenters. The van der Waals surface area contributed by atoms with Gasteiger partial charge in [-0.2, -0.15) is 0 Å². The van der Waals surface area contributed by atoms with Gasteiger partial charge in [-0.15, -0.1) is 0 Å². The van der Waals surface area contributed by atoms with Crippen LogP contribution in [0.15, 0.2) is 55.0 Å². The molecule has 0 aliphatic carbocycles. The molecule has 2 aromatic carbocycles. The van der Waals surface area contributed by atoms with Crippen molar-refractivity contribution in [3.8, 4) is 0 Å². The molecule has 0 aliphatic heterocycles. The summed E-state index contributed by atoms with van der Waals surface area (Å²) in [7, 11) is 0. The molecule has 1 aromatic heterocycles. The van der Waals surface area contributed by atoms with E-state index in [1.807, 2.05) is 30.3 Å². The summed E-state index contributed by atoms with van der Waals surface area (Å²) < 4.78 is 13.6. The lowest BCUT2D eigenvalue weighted by Gasteiger charge is -2.08. The summed E-state index contributed by atoms with van der Waals surface area (Å²) in [4.78, 5) is 7.96. The highest BCUT2D eigenvalue weighted by Gasteiger charge is 2.04. The van der Waals surface area contributed by atoms with Gasteiger partial charge in [0, 0.05) is 12.7 Å². The van der Waals surface area contributed by atoms with Crippen molar-refractivity contribution >= 4 is 16.6 Å². The summed E-state index contributed by atoms with van der Waals surface area (Å²) in [6.45, 7) is 0.699. The quantitative estimate of drug-likeness (QED) is 0.787. The van der Waals surface area contributed by atoms with E-state index in [2.05, 4.69) is 15.3 Å². The third-order valence-corrected chi connectivity index (χ3v) is 3.19. The molecule has 0 radical (unpaired) electrons. The molecule has 100 valence electrons. The Morgan fingerprint density at radius 1 is 1.10 bits per heavy atom. The molecule has 0 bridgehead atoms. The van der Waals surface area contributed by atoms with Crippen LogP contribution in [0.3, 0.4) is 0 Å². The Hall–Kier alpha value is -2.49.